The molecular weight excluding hydrogens is 450 g/mol. The molecule has 0 bridgehead atoms. The maximum atomic E-state index is 13.9. The monoisotopic (exact) mass is 474 g/mol. The molecule has 11 heteroatoms. The molecule has 180 valence electrons. The Labute approximate surface area is 193 Å². The minimum Gasteiger partial charge on any atom is -0.503 e. The van der Waals surface area contributed by atoms with Gasteiger partial charge in [-0.05, 0) is 19.4 Å². The summed E-state index contributed by atoms with van der Waals surface area (Å²) in [5.41, 5.74) is -2.68. The van der Waals surface area contributed by atoms with Gasteiger partial charge in [-0.2, -0.15) is 0 Å². The maximum absolute atomic E-state index is 13.9. The molecule has 2 aromatic rings. The van der Waals surface area contributed by atoms with Gasteiger partial charge in [-0.15, -0.1) is 0 Å². The second-order valence-corrected chi connectivity index (χ2v) is 8.77. The van der Waals surface area contributed by atoms with Crippen LogP contribution in [0, 0.1) is 17.6 Å². The summed E-state index contributed by atoms with van der Waals surface area (Å²) < 4.78 is 28.4. The van der Waals surface area contributed by atoms with Gasteiger partial charge in [0, 0.05) is 51.6 Å². The molecule has 1 aliphatic heterocycles. The van der Waals surface area contributed by atoms with E-state index >= 15 is 0 Å². The number of nitrogens with zero attached hydrogens (tertiary/aromatic N) is 3. The zero-order valence-corrected chi connectivity index (χ0v) is 18.9. The first-order valence-electron chi connectivity index (χ1n) is 10.7. The fourth-order valence-electron chi connectivity index (χ4n) is 4.50. The van der Waals surface area contributed by atoms with Gasteiger partial charge in [0.05, 0.1) is 11.5 Å². The topological polar surface area (TPSA) is 112 Å². The van der Waals surface area contributed by atoms with E-state index in [-0.39, 0.29) is 30.3 Å². The molecule has 0 radical (unpaired) electrons. The van der Waals surface area contributed by atoms with Crippen molar-refractivity contribution in [2.45, 2.75) is 25.4 Å². The first-order valence-corrected chi connectivity index (χ1v) is 10.7. The molecule has 3 amide bonds. The minimum atomic E-state index is -1.05. The molecule has 1 aliphatic carbocycles. The molecule has 2 N–H and O–H groups in total. The largest absolute Gasteiger partial charge is 0.503 e. The highest BCUT2D eigenvalue weighted by Gasteiger charge is 2.64. The summed E-state index contributed by atoms with van der Waals surface area (Å²) in [4.78, 5) is 54.1. The van der Waals surface area contributed by atoms with Crippen molar-refractivity contribution in [1.82, 2.24) is 19.7 Å². The SMILES string of the molecule is CCN1C[C@@]2(C[C@@H]2C(=O)N(C)C)n2cc(C(=O)NCc3ccc(F)cc3F)c(=O)c(O)c2C1=O. The van der Waals surface area contributed by atoms with Crippen LogP contribution in [0.15, 0.2) is 29.2 Å². The first-order chi connectivity index (χ1) is 16.0. The van der Waals surface area contributed by atoms with Crippen LogP contribution in [-0.2, 0) is 16.9 Å². The fourth-order valence-corrected chi connectivity index (χ4v) is 4.50. The average molecular weight is 474 g/mol. The van der Waals surface area contributed by atoms with Crippen molar-refractivity contribution >= 4 is 17.7 Å². The molecule has 1 aromatic heterocycles. The molecule has 2 aliphatic rings. The summed E-state index contributed by atoms with van der Waals surface area (Å²) >= 11 is 0. The predicted octanol–water partition coefficient (Wildman–Crippen LogP) is 1.04. The highest BCUT2D eigenvalue weighted by atomic mass is 19.1. The third kappa shape index (κ3) is 3.61. The summed E-state index contributed by atoms with van der Waals surface area (Å²) in [7, 11) is 3.22. The Hall–Kier alpha value is -3.76. The third-order valence-corrected chi connectivity index (χ3v) is 6.48. The number of carbonyl (C=O) groups excluding carboxylic acids is 3. The average Bonchev–Trinajstić information content (AvgIpc) is 3.51. The van der Waals surface area contributed by atoms with Crippen LogP contribution in [0.25, 0.3) is 0 Å². The van der Waals surface area contributed by atoms with E-state index in [1.807, 2.05) is 0 Å². The maximum Gasteiger partial charge on any atom is 0.274 e. The molecule has 9 nitrogen and oxygen atoms in total. The molecule has 34 heavy (non-hydrogen) atoms. The molecule has 1 fully saturated rings. The molecule has 0 saturated heterocycles. The lowest BCUT2D eigenvalue weighted by Crippen LogP contribution is -2.50. The summed E-state index contributed by atoms with van der Waals surface area (Å²) in [5, 5.41) is 13.0. The quantitative estimate of drug-likeness (QED) is 0.673. The van der Waals surface area contributed by atoms with Crippen LogP contribution in [0.3, 0.4) is 0 Å². The van der Waals surface area contributed by atoms with Crippen molar-refractivity contribution in [3.63, 3.8) is 0 Å². The number of pyridine rings is 1. The van der Waals surface area contributed by atoms with Crippen LogP contribution < -0.4 is 10.7 Å². The van der Waals surface area contributed by atoms with E-state index in [2.05, 4.69) is 5.32 Å². The van der Waals surface area contributed by atoms with Gasteiger partial charge >= 0.3 is 0 Å². The normalized spacial score (nSPS) is 20.8. The first kappa shape index (κ1) is 23.4. The van der Waals surface area contributed by atoms with Crippen LogP contribution >= 0.6 is 0 Å². The number of aromatic nitrogens is 1. The minimum absolute atomic E-state index is 0.00102. The molecule has 1 aromatic carbocycles. The zero-order chi connectivity index (χ0) is 24.9. The molecule has 4 rings (SSSR count). The molecule has 1 spiro atoms. The van der Waals surface area contributed by atoms with E-state index in [0.29, 0.717) is 19.0 Å². The van der Waals surface area contributed by atoms with Crippen molar-refractivity contribution in [3.8, 4) is 5.75 Å². The Bertz CT molecular complexity index is 1270. The predicted molar refractivity (Wildman–Crippen MR) is 116 cm³/mol. The van der Waals surface area contributed by atoms with E-state index < -0.39 is 51.6 Å². The van der Waals surface area contributed by atoms with Crippen LogP contribution in [0.2, 0.25) is 0 Å². The lowest BCUT2D eigenvalue weighted by Gasteiger charge is -2.37. The van der Waals surface area contributed by atoms with Gasteiger partial charge < -0.3 is 24.8 Å². The van der Waals surface area contributed by atoms with E-state index in [9.17, 15) is 33.1 Å². The number of fused-ring (bicyclic) bond motifs is 2. The Morgan fingerprint density at radius 3 is 2.59 bits per heavy atom. The number of likely N-dealkylation sites (N-methyl/N-ethyl adjacent to an activating group) is 1. The Balaban J connectivity index is 1.73. The van der Waals surface area contributed by atoms with Gasteiger partial charge in [-0.1, -0.05) is 6.07 Å². The molecule has 0 unspecified atom stereocenters. The van der Waals surface area contributed by atoms with Crippen molar-refractivity contribution in [1.29, 1.82) is 0 Å². The number of hydrogen-bond donors (Lipinski definition) is 2. The van der Waals surface area contributed by atoms with Gasteiger partial charge in [0.2, 0.25) is 11.3 Å². The highest BCUT2D eigenvalue weighted by Crippen LogP contribution is 2.54. The highest BCUT2D eigenvalue weighted by molar-refractivity contribution is 6.00. The van der Waals surface area contributed by atoms with Crippen molar-refractivity contribution in [2.75, 3.05) is 27.2 Å². The Morgan fingerprint density at radius 1 is 1.26 bits per heavy atom. The van der Waals surface area contributed by atoms with Crippen molar-refractivity contribution in [2.24, 2.45) is 5.92 Å². The van der Waals surface area contributed by atoms with Crippen LogP contribution in [0.4, 0.5) is 8.78 Å². The van der Waals surface area contributed by atoms with Crippen LogP contribution in [0.1, 0.15) is 39.8 Å². The number of halogens is 2. The number of nitrogens with one attached hydrogen (secondary N) is 1. The van der Waals surface area contributed by atoms with Crippen molar-refractivity contribution in [3.05, 3.63) is 63.1 Å². The number of hydrogen-bond acceptors (Lipinski definition) is 5. The van der Waals surface area contributed by atoms with Crippen LogP contribution in [-0.4, -0.2) is 64.4 Å². The Morgan fingerprint density at radius 2 is 1.97 bits per heavy atom. The summed E-state index contributed by atoms with van der Waals surface area (Å²) in [6.07, 6.45) is 1.55. The number of rotatable bonds is 5. The van der Waals surface area contributed by atoms with Crippen LogP contribution in [0.5, 0.6) is 5.75 Å². The summed E-state index contributed by atoms with van der Waals surface area (Å²) in [6.45, 7) is 1.91. The van der Waals surface area contributed by atoms with Crippen molar-refractivity contribution < 1.29 is 28.3 Å². The summed E-state index contributed by atoms with van der Waals surface area (Å²) in [6, 6.07) is 2.87. The van der Waals surface area contributed by atoms with E-state index in [4.69, 9.17) is 0 Å². The van der Waals surface area contributed by atoms with Gasteiger partial charge in [-0.3, -0.25) is 19.2 Å². The van der Waals surface area contributed by atoms with Gasteiger partial charge in [0.15, 0.2) is 11.4 Å². The van der Waals surface area contributed by atoms with Gasteiger partial charge in [0.25, 0.3) is 11.8 Å². The summed E-state index contributed by atoms with van der Waals surface area (Å²) in [5.74, 6) is -4.68. The lowest BCUT2D eigenvalue weighted by atomic mass is 10.0. The zero-order valence-electron chi connectivity index (χ0n) is 18.9. The smallest absolute Gasteiger partial charge is 0.274 e. The third-order valence-electron chi connectivity index (χ3n) is 6.48. The number of carbonyl (C=O) groups is 3. The molecule has 2 heterocycles. The van der Waals surface area contributed by atoms with E-state index in [0.717, 1.165) is 12.1 Å². The standard InChI is InChI=1S/C23H24F2N4O5/c1-4-28-11-23(8-15(23)21(33)27(2)3)29-10-14(18(30)19(31)17(29)22(28)34)20(32)26-9-12-5-6-13(24)7-16(12)25/h5-7,10,15,31H,4,8-9,11H2,1-3H3,(H,26,32)/t15-,23-/m1/s1. The number of benzene rings is 1. The molecule has 1 saturated carbocycles. The second kappa shape index (κ2) is 8.23. The van der Waals surface area contributed by atoms with Gasteiger partial charge in [-0.25, -0.2) is 8.78 Å². The number of amides is 3. The van der Waals surface area contributed by atoms with Gasteiger partial charge in [0.1, 0.15) is 17.2 Å². The Kier molecular flexibility index (Phi) is 5.66. The lowest BCUT2D eigenvalue weighted by molar-refractivity contribution is -0.131. The van der Waals surface area contributed by atoms with E-state index in [1.54, 1.807) is 21.0 Å². The second-order valence-electron chi connectivity index (χ2n) is 8.77. The molecular formula is C23H24F2N4O5. The number of aromatic hydroxyl groups is 1. The van der Waals surface area contributed by atoms with E-state index in [1.165, 1.54) is 20.6 Å². The fraction of sp³-hybridized carbons (Fsp3) is 0.391. The molecule has 2 atom stereocenters.